The fourth-order valence-electron chi connectivity index (χ4n) is 2.85. The van der Waals surface area contributed by atoms with Crippen molar-refractivity contribution in [3.8, 4) is 0 Å². The molecule has 2 heterocycles. The lowest BCUT2D eigenvalue weighted by molar-refractivity contribution is 0.253. The predicted molar refractivity (Wildman–Crippen MR) is 87.9 cm³/mol. The molecule has 2 heteroatoms. The van der Waals surface area contributed by atoms with Crippen molar-refractivity contribution in [2.45, 2.75) is 60.8 Å². The molecule has 2 aliphatic heterocycles. The molecule has 2 unspecified atom stereocenters. The first kappa shape index (κ1) is 15.3. The Kier molecular flexibility index (Phi) is 3.88. The Morgan fingerprint density at radius 2 is 1.95 bits per heavy atom. The fraction of sp³-hybridized carbons (Fsp3) is 0.722. The lowest BCUT2D eigenvalue weighted by atomic mass is 9.66. The van der Waals surface area contributed by atoms with Crippen LogP contribution >= 0.6 is 0 Å². The maximum atomic E-state index is 4.86. The minimum Gasteiger partial charge on any atom is -0.370 e. The third kappa shape index (κ3) is 2.57. The highest BCUT2D eigenvalue weighted by atomic mass is 15.0. The number of nitrogens with one attached hydrogen (secondary N) is 1. The largest absolute Gasteiger partial charge is 0.370 e. The van der Waals surface area contributed by atoms with Gasteiger partial charge in [-0.05, 0) is 30.3 Å². The highest BCUT2D eigenvalue weighted by molar-refractivity contribution is 5.71. The van der Waals surface area contributed by atoms with Crippen LogP contribution in [0.3, 0.4) is 0 Å². The van der Waals surface area contributed by atoms with Crippen LogP contribution in [-0.2, 0) is 0 Å². The van der Waals surface area contributed by atoms with Gasteiger partial charge in [0.15, 0.2) is 0 Å². The molecule has 0 spiro atoms. The van der Waals surface area contributed by atoms with Gasteiger partial charge in [-0.15, -0.1) is 0 Å². The van der Waals surface area contributed by atoms with Gasteiger partial charge in [-0.1, -0.05) is 53.7 Å². The molecular weight excluding hydrogens is 244 g/mol. The first-order chi connectivity index (χ1) is 9.22. The summed E-state index contributed by atoms with van der Waals surface area (Å²) in [6.07, 6.45) is 10.5. The minimum absolute atomic E-state index is 0.0128. The van der Waals surface area contributed by atoms with Gasteiger partial charge in [-0.25, -0.2) is 4.99 Å². The van der Waals surface area contributed by atoms with E-state index in [-0.39, 0.29) is 16.2 Å². The number of rotatable bonds is 1. The van der Waals surface area contributed by atoms with Crippen LogP contribution in [-0.4, -0.2) is 12.8 Å². The summed E-state index contributed by atoms with van der Waals surface area (Å²) in [6, 6.07) is 0. The van der Waals surface area contributed by atoms with E-state index in [0.29, 0.717) is 0 Å². The van der Waals surface area contributed by atoms with Gasteiger partial charge in [0.1, 0.15) is 5.82 Å². The molecular formula is C18H30N2. The average Bonchev–Trinajstić information content (AvgIpc) is 2.40. The summed E-state index contributed by atoms with van der Waals surface area (Å²) in [4.78, 5) is 4.86. The van der Waals surface area contributed by atoms with Crippen molar-refractivity contribution in [3.63, 3.8) is 0 Å². The summed E-state index contributed by atoms with van der Waals surface area (Å²) >= 11 is 0. The van der Waals surface area contributed by atoms with E-state index >= 15 is 0 Å². The highest BCUT2D eigenvalue weighted by Gasteiger charge is 2.37. The van der Waals surface area contributed by atoms with Crippen LogP contribution in [0.4, 0.5) is 0 Å². The van der Waals surface area contributed by atoms with E-state index in [9.17, 15) is 0 Å². The second kappa shape index (κ2) is 5.05. The molecule has 0 aromatic heterocycles. The van der Waals surface area contributed by atoms with Gasteiger partial charge in [0.25, 0.3) is 0 Å². The van der Waals surface area contributed by atoms with E-state index in [1.807, 2.05) is 0 Å². The van der Waals surface area contributed by atoms with E-state index in [0.717, 1.165) is 18.8 Å². The number of aliphatic imine (C=N–C) groups is 1. The molecule has 20 heavy (non-hydrogen) atoms. The number of hydrogen-bond acceptors (Lipinski definition) is 2. The number of allylic oxidation sites excluding steroid dienone is 3. The van der Waals surface area contributed by atoms with E-state index in [1.165, 1.54) is 18.4 Å². The van der Waals surface area contributed by atoms with Crippen molar-refractivity contribution in [3.05, 3.63) is 23.5 Å². The minimum atomic E-state index is -0.0128. The lowest BCUT2D eigenvalue weighted by Crippen LogP contribution is -2.36. The van der Waals surface area contributed by atoms with Gasteiger partial charge in [-0.2, -0.15) is 0 Å². The quantitative estimate of drug-likeness (QED) is 0.689. The second-order valence-electron chi connectivity index (χ2n) is 7.75. The Morgan fingerprint density at radius 3 is 2.55 bits per heavy atom. The maximum absolute atomic E-state index is 4.86. The molecule has 1 N–H and O–H groups in total. The molecule has 2 nitrogen and oxygen atoms in total. The average molecular weight is 274 g/mol. The van der Waals surface area contributed by atoms with Crippen molar-refractivity contribution < 1.29 is 0 Å². The molecule has 112 valence electrons. The fourth-order valence-corrected chi connectivity index (χ4v) is 2.85. The summed E-state index contributed by atoms with van der Waals surface area (Å²) in [7, 11) is 0. The van der Waals surface area contributed by atoms with Crippen LogP contribution in [0.5, 0.6) is 0 Å². The summed E-state index contributed by atoms with van der Waals surface area (Å²) < 4.78 is 0. The zero-order valence-corrected chi connectivity index (χ0v) is 14.0. The molecule has 0 radical (unpaired) electrons. The first-order valence-corrected chi connectivity index (χ1v) is 7.95. The van der Waals surface area contributed by atoms with E-state index < -0.39 is 0 Å². The molecule has 0 saturated carbocycles. The molecule has 0 amide bonds. The summed E-state index contributed by atoms with van der Waals surface area (Å²) in [5, 5.41) is 3.52. The van der Waals surface area contributed by atoms with Crippen LogP contribution in [0.2, 0.25) is 0 Å². The van der Waals surface area contributed by atoms with Crippen molar-refractivity contribution >= 4 is 6.21 Å². The van der Waals surface area contributed by atoms with Gasteiger partial charge in [0, 0.05) is 23.6 Å². The van der Waals surface area contributed by atoms with Crippen molar-refractivity contribution in [2.75, 3.05) is 6.54 Å². The molecule has 0 aromatic carbocycles. The zero-order valence-electron chi connectivity index (χ0n) is 14.0. The molecule has 0 aromatic rings. The van der Waals surface area contributed by atoms with Crippen molar-refractivity contribution in [2.24, 2.45) is 21.2 Å². The van der Waals surface area contributed by atoms with E-state index in [1.54, 1.807) is 0 Å². The van der Waals surface area contributed by atoms with Gasteiger partial charge in [0.2, 0.25) is 0 Å². The summed E-state index contributed by atoms with van der Waals surface area (Å²) in [5.41, 5.74) is 1.76. The Bertz CT molecular complexity index is 464. The van der Waals surface area contributed by atoms with Crippen LogP contribution in [0.15, 0.2) is 28.5 Å². The van der Waals surface area contributed by atoms with Crippen LogP contribution in [0.1, 0.15) is 60.8 Å². The molecule has 2 aliphatic rings. The van der Waals surface area contributed by atoms with E-state index in [2.05, 4.69) is 65.2 Å². The highest BCUT2D eigenvalue weighted by Crippen LogP contribution is 2.45. The Labute approximate surface area is 124 Å². The smallest absolute Gasteiger partial charge is 0.125 e. The van der Waals surface area contributed by atoms with Gasteiger partial charge in [0.05, 0.1) is 0 Å². The third-order valence-electron chi connectivity index (χ3n) is 5.48. The molecule has 0 aliphatic carbocycles. The third-order valence-corrected chi connectivity index (χ3v) is 5.48. The normalized spacial score (nSPS) is 37.5. The predicted octanol–water partition coefficient (Wildman–Crippen LogP) is 4.69. The van der Waals surface area contributed by atoms with Gasteiger partial charge < -0.3 is 5.32 Å². The molecule has 2 atom stereocenters. The Morgan fingerprint density at radius 1 is 1.25 bits per heavy atom. The monoisotopic (exact) mass is 274 g/mol. The van der Waals surface area contributed by atoms with Gasteiger partial charge in [-0.3, -0.25) is 0 Å². The Balaban J connectivity index is 2.55. The maximum Gasteiger partial charge on any atom is 0.125 e. The number of nitrogens with zero attached hydrogens (tertiary/aromatic N) is 1. The topological polar surface area (TPSA) is 24.4 Å². The van der Waals surface area contributed by atoms with Crippen LogP contribution < -0.4 is 5.32 Å². The SMILES string of the molecule is CCC1(C)/C=C\C(C)(C(C)(C)C)/C=N\C2=C1CCCN2. The lowest BCUT2D eigenvalue weighted by Gasteiger charge is -2.40. The van der Waals surface area contributed by atoms with Crippen LogP contribution in [0, 0.1) is 16.2 Å². The Hall–Kier alpha value is -1.05. The standard InChI is InChI=1S/C18H30N2/c1-7-17(5)10-11-18(6,16(2,3)4)13-20-15-14(17)9-8-12-19-15/h10-11,13,19H,7-9,12H2,1-6H3/b11-10-,20-13-. The van der Waals surface area contributed by atoms with Crippen molar-refractivity contribution in [1.82, 2.24) is 5.32 Å². The van der Waals surface area contributed by atoms with Gasteiger partial charge >= 0.3 is 0 Å². The zero-order chi connectivity index (χ0) is 15.0. The first-order valence-electron chi connectivity index (χ1n) is 7.95. The molecule has 0 saturated heterocycles. The number of hydrogen-bond donors (Lipinski definition) is 1. The molecule has 0 fully saturated rings. The van der Waals surface area contributed by atoms with Crippen LogP contribution in [0.25, 0.3) is 0 Å². The summed E-state index contributed by atoms with van der Waals surface area (Å²) in [5.74, 6) is 1.13. The van der Waals surface area contributed by atoms with E-state index in [4.69, 9.17) is 4.99 Å². The summed E-state index contributed by atoms with van der Waals surface area (Å²) in [6.45, 7) is 14.8. The van der Waals surface area contributed by atoms with Crippen molar-refractivity contribution in [1.29, 1.82) is 0 Å². The molecule has 2 rings (SSSR count). The second-order valence-corrected chi connectivity index (χ2v) is 7.75. The molecule has 0 bridgehead atoms.